The predicted molar refractivity (Wildman–Crippen MR) is 88.5 cm³/mol. The molecule has 8 heteroatoms. The first-order chi connectivity index (χ1) is 11.4. The highest BCUT2D eigenvalue weighted by Gasteiger charge is 2.32. The number of hydrogen-bond acceptors (Lipinski definition) is 6. The van der Waals surface area contributed by atoms with E-state index >= 15 is 0 Å². The van der Waals surface area contributed by atoms with E-state index in [1.54, 1.807) is 4.90 Å². The standard InChI is InChI=1S/C16H23N3O5/c1-10-4-5-18(12(6-10)9-17)16(20)11-7-13(19(21)22)15(24-3)14(8-11)23-2/h7-8,10,12H,4-6,9,17H2,1-3H3. The van der Waals surface area contributed by atoms with Crippen molar-refractivity contribution in [3.63, 3.8) is 0 Å². The Morgan fingerprint density at radius 3 is 2.67 bits per heavy atom. The number of likely N-dealkylation sites (tertiary alicyclic amines) is 1. The number of nitro benzene ring substituents is 1. The molecule has 1 saturated heterocycles. The van der Waals surface area contributed by atoms with Crippen LogP contribution in [0.4, 0.5) is 5.69 Å². The molecule has 0 aromatic heterocycles. The molecule has 2 N–H and O–H groups in total. The van der Waals surface area contributed by atoms with Gasteiger partial charge >= 0.3 is 5.69 Å². The van der Waals surface area contributed by atoms with E-state index < -0.39 is 4.92 Å². The molecule has 0 aliphatic carbocycles. The van der Waals surface area contributed by atoms with E-state index in [2.05, 4.69) is 6.92 Å². The summed E-state index contributed by atoms with van der Waals surface area (Å²) in [4.78, 5) is 25.3. The van der Waals surface area contributed by atoms with E-state index in [4.69, 9.17) is 15.2 Å². The minimum absolute atomic E-state index is 0.00157. The van der Waals surface area contributed by atoms with Gasteiger partial charge in [-0.1, -0.05) is 6.92 Å². The zero-order valence-corrected chi connectivity index (χ0v) is 14.2. The Labute approximate surface area is 140 Å². The molecule has 1 heterocycles. The molecule has 24 heavy (non-hydrogen) atoms. The SMILES string of the molecule is COc1cc(C(=O)N2CCC(C)CC2CN)cc([N+](=O)[O-])c1OC. The Balaban J connectivity index is 2.42. The van der Waals surface area contributed by atoms with Crippen LogP contribution in [0, 0.1) is 16.0 Å². The summed E-state index contributed by atoms with van der Waals surface area (Å²) in [7, 11) is 2.70. The van der Waals surface area contributed by atoms with E-state index in [0.717, 1.165) is 12.8 Å². The Morgan fingerprint density at radius 1 is 1.42 bits per heavy atom. The number of amides is 1. The number of carbonyl (C=O) groups is 1. The second-order valence-corrected chi connectivity index (χ2v) is 6.01. The van der Waals surface area contributed by atoms with Crippen LogP contribution in [0.3, 0.4) is 0 Å². The monoisotopic (exact) mass is 337 g/mol. The first-order valence-electron chi connectivity index (χ1n) is 7.84. The molecule has 2 rings (SSSR count). The lowest BCUT2D eigenvalue weighted by atomic mass is 9.92. The van der Waals surface area contributed by atoms with Crippen molar-refractivity contribution in [1.82, 2.24) is 4.90 Å². The van der Waals surface area contributed by atoms with Crippen LogP contribution in [-0.4, -0.2) is 49.1 Å². The Morgan fingerprint density at radius 2 is 2.12 bits per heavy atom. The maximum atomic E-state index is 12.9. The van der Waals surface area contributed by atoms with Gasteiger partial charge in [0.05, 0.1) is 24.7 Å². The topological polar surface area (TPSA) is 108 Å². The van der Waals surface area contributed by atoms with Gasteiger partial charge < -0.3 is 20.1 Å². The average molecular weight is 337 g/mol. The summed E-state index contributed by atoms with van der Waals surface area (Å²) in [6.45, 7) is 3.08. The molecule has 1 aliphatic rings. The number of hydrogen-bond donors (Lipinski definition) is 1. The quantitative estimate of drug-likeness (QED) is 0.648. The third-order valence-electron chi connectivity index (χ3n) is 4.41. The van der Waals surface area contributed by atoms with Crippen molar-refractivity contribution < 1.29 is 19.2 Å². The van der Waals surface area contributed by atoms with E-state index in [0.29, 0.717) is 19.0 Å². The van der Waals surface area contributed by atoms with Gasteiger partial charge in [-0.05, 0) is 24.8 Å². The summed E-state index contributed by atoms with van der Waals surface area (Å²) < 4.78 is 10.2. The number of ether oxygens (including phenoxy) is 2. The lowest BCUT2D eigenvalue weighted by Gasteiger charge is -2.38. The molecule has 2 atom stereocenters. The van der Waals surface area contributed by atoms with Gasteiger partial charge in [0.15, 0.2) is 5.75 Å². The number of methoxy groups -OCH3 is 2. The molecule has 8 nitrogen and oxygen atoms in total. The van der Waals surface area contributed by atoms with Crippen molar-refractivity contribution in [2.45, 2.75) is 25.8 Å². The van der Waals surface area contributed by atoms with Crippen LogP contribution in [0.5, 0.6) is 11.5 Å². The van der Waals surface area contributed by atoms with Gasteiger partial charge in [-0.3, -0.25) is 14.9 Å². The number of piperidine rings is 1. The predicted octanol–water partition coefficient (Wildman–Crippen LogP) is 1.81. The van der Waals surface area contributed by atoms with E-state index in [1.807, 2.05) is 0 Å². The van der Waals surface area contributed by atoms with E-state index in [9.17, 15) is 14.9 Å². The first kappa shape index (κ1) is 18.0. The molecule has 1 fully saturated rings. The summed E-state index contributed by atoms with van der Waals surface area (Å²) in [6.07, 6.45) is 1.72. The van der Waals surface area contributed by atoms with Crippen LogP contribution in [0.15, 0.2) is 12.1 Å². The maximum absolute atomic E-state index is 12.9. The zero-order valence-electron chi connectivity index (χ0n) is 14.2. The fourth-order valence-corrected chi connectivity index (χ4v) is 3.11. The molecule has 0 bridgehead atoms. The van der Waals surface area contributed by atoms with Crippen molar-refractivity contribution >= 4 is 11.6 Å². The van der Waals surface area contributed by atoms with Gasteiger partial charge in [-0.2, -0.15) is 0 Å². The number of nitrogens with two attached hydrogens (primary N) is 1. The molecule has 0 spiro atoms. The number of benzene rings is 1. The van der Waals surface area contributed by atoms with E-state index in [-0.39, 0.29) is 34.7 Å². The zero-order chi connectivity index (χ0) is 17.9. The van der Waals surface area contributed by atoms with Crippen LogP contribution in [-0.2, 0) is 0 Å². The number of nitrogens with zero attached hydrogens (tertiary/aromatic N) is 2. The summed E-state index contributed by atoms with van der Waals surface area (Å²) in [6, 6.07) is 2.64. The smallest absolute Gasteiger partial charge is 0.315 e. The fraction of sp³-hybridized carbons (Fsp3) is 0.562. The van der Waals surface area contributed by atoms with Crippen molar-refractivity contribution in [2.75, 3.05) is 27.3 Å². The largest absolute Gasteiger partial charge is 0.493 e. The molecule has 1 aliphatic heterocycles. The Kier molecular flexibility index (Phi) is 5.61. The van der Waals surface area contributed by atoms with Gasteiger partial charge in [0.25, 0.3) is 5.91 Å². The van der Waals surface area contributed by atoms with Crippen LogP contribution in [0.25, 0.3) is 0 Å². The molecule has 1 aromatic carbocycles. The molecule has 1 amide bonds. The fourth-order valence-electron chi connectivity index (χ4n) is 3.11. The Bertz CT molecular complexity index is 634. The van der Waals surface area contributed by atoms with Crippen LogP contribution >= 0.6 is 0 Å². The minimum atomic E-state index is -0.586. The summed E-state index contributed by atoms with van der Waals surface area (Å²) in [5.41, 5.74) is 5.71. The van der Waals surface area contributed by atoms with Crippen molar-refractivity contribution in [1.29, 1.82) is 0 Å². The number of carbonyl (C=O) groups excluding carboxylic acids is 1. The van der Waals surface area contributed by atoms with Gasteiger partial charge in [0.1, 0.15) is 0 Å². The highest BCUT2D eigenvalue weighted by molar-refractivity contribution is 5.96. The molecular formula is C16H23N3O5. The third-order valence-corrected chi connectivity index (χ3v) is 4.41. The van der Waals surface area contributed by atoms with Crippen LogP contribution in [0.2, 0.25) is 0 Å². The van der Waals surface area contributed by atoms with Gasteiger partial charge in [0.2, 0.25) is 5.75 Å². The lowest BCUT2D eigenvalue weighted by Crippen LogP contribution is -2.49. The molecule has 2 unspecified atom stereocenters. The van der Waals surface area contributed by atoms with E-state index in [1.165, 1.54) is 26.4 Å². The lowest BCUT2D eigenvalue weighted by molar-refractivity contribution is -0.385. The summed E-state index contributed by atoms with van der Waals surface area (Å²) in [5.74, 6) is 0.384. The third kappa shape index (κ3) is 3.43. The van der Waals surface area contributed by atoms with Gasteiger partial charge in [-0.25, -0.2) is 0 Å². The van der Waals surface area contributed by atoms with Gasteiger partial charge in [0, 0.05) is 25.2 Å². The number of rotatable bonds is 5. The number of nitro groups is 1. The van der Waals surface area contributed by atoms with Crippen molar-refractivity contribution in [3.8, 4) is 11.5 Å². The molecule has 1 aromatic rings. The normalized spacial score (nSPS) is 20.6. The Hall–Kier alpha value is -2.35. The second kappa shape index (κ2) is 7.48. The highest BCUT2D eigenvalue weighted by atomic mass is 16.6. The molecular weight excluding hydrogens is 314 g/mol. The van der Waals surface area contributed by atoms with Crippen LogP contribution in [0.1, 0.15) is 30.1 Å². The molecule has 0 radical (unpaired) electrons. The minimum Gasteiger partial charge on any atom is -0.493 e. The average Bonchev–Trinajstić information content (AvgIpc) is 2.59. The van der Waals surface area contributed by atoms with Crippen molar-refractivity contribution in [2.24, 2.45) is 11.7 Å². The summed E-state index contributed by atoms with van der Waals surface area (Å²) >= 11 is 0. The highest BCUT2D eigenvalue weighted by Crippen LogP contribution is 2.38. The van der Waals surface area contributed by atoms with Crippen LogP contribution < -0.4 is 15.2 Å². The summed E-state index contributed by atoms with van der Waals surface area (Å²) in [5, 5.41) is 11.3. The second-order valence-electron chi connectivity index (χ2n) is 6.01. The van der Waals surface area contributed by atoms with Gasteiger partial charge in [-0.15, -0.1) is 0 Å². The van der Waals surface area contributed by atoms with Crippen molar-refractivity contribution in [3.05, 3.63) is 27.8 Å². The first-order valence-corrected chi connectivity index (χ1v) is 7.84. The molecule has 0 saturated carbocycles. The maximum Gasteiger partial charge on any atom is 0.315 e. The molecule has 132 valence electrons.